The number of ether oxygens (including phenoxy) is 1. The van der Waals surface area contributed by atoms with Crippen molar-refractivity contribution < 1.29 is 23.8 Å². The van der Waals surface area contributed by atoms with Crippen LogP contribution < -0.4 is 5.32 Å². The molecule has 0 fully saturated rings. The number of carbonyl (C=O) groups is 2. The van der Waals surface area contributed by atoms with Crippen molar-refractivity contribution in [1.29, 1.82) is 0 Å². The Bertz CT molecular complexity index is 1210. The summed E-state index contributed by atoms with van der Waals surface area (Å²) >= 11 is 0. The van der Waals surface area contributed by atoms with Crippen LogP contribution in [0.4, 0.5) is 5.69 Å². The lowest BCUT2D eigenvalue weighted by atomic mass is 10.2. The van der Waals surface area contributed by atoms with Gasteiger partial charge in [-0.1, -0.05) is 6.07 Å². The van der Waals surface area contributed by atoms with Gasteiger partial charge in [-0.3, -0.25) is 19.6 Å². The molecule has 0 bridgehead atoms. The molecule has 3 N–H and O–H groups in total. The molecule has 0 saturated heterocycles. The molecule has 0 aromatic carbocycles. The second-order valence-electron chi connectivity index (χ2n) is 6.43. The zero-order valence-corrected chi connectivity index (χ0v) is 16.4. The molecule has 0 aliphatic rings. The highest BCUT2D eigenvalue weighted by atomic mass is 16.5. The SMILES string of the molecule is COCCn1cc(NC(=O)c2ccc(-c3c[nH]nc3C(=O)O)o2)c(-c2ccccn2)n1. The summed E-state index contributed by atoms with van der Waals surface area (Å²) in [6.07, 6.45) is 4.71. The smallest absolute Gasteiger partial charge is 0.357 e. The van der Waals surface area contributed by atoms with Crippen LogP contribution in [0.1, 0.15) is 21.0 Å². The molecule has 4 heterocycles. The minimum absolute atomic E-state index is 0.00384. The highest BCUT2D eigenvalue weighted by Gasteiger charge is 2.21. The van der Waals surface area contributed by atoms with Crippen molar-refractivity contribution in [3.8, 4) is 22.7 Å². The highest BCUT2D eigenvalue weighted by molar-refractivity contribution is 6.04. The number of furan rings is 1. The van der Waals surface area contributed by atoms with Gasteiger partial charge in [0.15, 0.2) is 11.5 Å². The van der Waals surface area contributed by atoms with Crippen molar-refractivity contribution in [3.63, 3.8) is 0 Å². The Morgan fingerprint density at radius 2 is 2.16 bits per heavy atom. The molecule has 31 heavy (non-hydrogen) atoms. The average molecular weight is 422 g/mol. The summed E-state index contributed by atoms with van der Waals surface area (Å²) in [6, 6.07) is 8.37. The van der Waals surface area contributed by atoms with Crippen molar-refractivity contribution in [3.05, 3.63) is 60.4 Å². The van der Waals surface area contributed by atoms with Gasteiger partial charge in [-0.05, 0) is 24.3 Å². The number of hydrogen-bond donors (Lipinski definition) is 3. The molecule has 11 heteroatoms. The highest BCUT2D eigenvalue weighted by Crippen LogP contribution is 2.27. The minimum atomic E-state index is -1.21. The molecule has 158 valence electrons. The number of anilines is 1. The maximum Gasteiger partial charge on any atom is 0.357 e. The topological polar surface area (TPSA) is 148 Å². The Morgan fingerprint density at radius 1 is 1.29 bits per heavy atom. The zero-order chi connectivity index (χ0) is 21.8. The van der Waals surface area contributed by atoms with Gasteiger partial charge in [0.1, 0.15) is 11.5 Å². The lowest BCUT2D eigenvalue weighted by Crippen LogP contribution is -2.11. The van der Waals surface area contributed by atoms with E-state index >= 15 is 0 Å². The normalized spacial score (nSPS) is 10.9. The summed E-state index contributed by atoms with van der Waals surface area (Å²) in [7, 11) is 1.59. The van der Waals surface area contributed by atoms with Crippen LogP contribution in [0.25, 0.3) is 22.7 Å². The number of aromatic carboxylic acids is 1. The first-order chi connectivity index (χ1) is 15.1. The number of carboxylic acid groups (broad SMARTS) is 1. The summed E-state index contributed by atoms with van der Waals surface area (Å²) in [5.74, 6) is -1.52. The molecule has 0 aliphatic heterocycles. The van der Waals surface area contributed by atoms with Crippen LogP contribution in [0.2, 0.25) is 0 Å². The molecule has 0 saturated carbocycles. The number of aromatic amines is 1. The Labute approximate surface area is 175 Å². The molecule has 0 radical (unpaired) electrons. The van der Waals surface area contributed by atoms with E-state index in [4.69, 9.17) is 9.15 Å². The number of carboxylic acids is 1. The number of nitrogens with zero attached hydrogens (tertiary/aromatic N) is 4. The maximum absolute atomic E-state index is 12.8. The molecular weight excluding hydrogens is 404 g/mol. The quantitative estimate of drug-likeness (QED) is 0.392. The van der Waals surface area contributed by atoms with E-state index in [2.05, 4.69) is 25.6 Å². The summed E-state index contributed by atoms with van der Waals surface area (Å²) < 4.78 is 12.3. The number of methoxy groups -OCH3 is 1. The Balaban J connectivity index is 1.60. The van der Waals surface area contributed by atoms with E-state index in [1.54, 1.807) is 36.3 Å². The van der Waals surface area contributed by atoms with E-state index in [1.165, 1.54) is 18.3 Å². The van der Waals surface area contributed by atoms with Gasteiger partial charge in [0.25, 0.3) is 5.91 Å². The predicted octanol–water partition coefficient (Wildman–Crippen LogP) is 2.53. The minimum Gasteiger partial charge on any atom is -0.476 e. The standard InChI is InChI=1S/C20H18N6O5/c1-30-9-8-26-11-14(18(25-26)13-4-2-3-7-21-13)23-19(27)16-6-5-15(31-16)12-10-22-24-17(12)20(28)29/h2-7,10-11H,8-9H2,1H3,(H,22,24)(H,23,27)(H,28,29). The van der Waals surface area contributed by atoms with Gasteiger partial charge in [-0.25, -0.2) is 4.79 Å². The van der Waals surface area contributed by atoms with Crippen LogP contribution in [-0.2, 0) is 11.3 Å². The summed E-state index contributed by atoms with van der Waals surface area (Å²) in [4.78, 5) is 28.4. The van der Waals surface area contributed by atoms with E-state index in [-0.39, 0.29) is 22.8 Å². The molecule has 4 aromatic heterocycles. The van der Waals surface area contributed by atoms with Crippen LogP contribution in [0.5, 0.6) is 0 Å². The van der Waals surface area contributed by atoms with Gasteiger partial charge in [-0.15, -0.1) is 0 Å². The van der Waals surface area contributed by atoms with Crippen molar-refractivity contribution >= 4 is 17.6 Å². The first-order valence-electron chi connectivity index (χ1n) is 9.23. The fourth-order valence-electron chi connectivity index (χ4n) is 2.93. The Kier molecular flexibility index (Phi) is 5.58. The number of carbonyl (C=O) groups excluding carboxylic acids is 1. The van der Waals surface area contributed by atoms with E-state index in [0.717, 1.165) is 0 Å². The number of aromatic nitrogens is 5. The van der Waals surface area contributed by atoms with Crippen LogP contribution in [0.3, 0.4) is 0 Å². The monoisotopic (exact) mass is 422 g/mol. The van der Waals surface area contributed by atoms with E-state index in [9.17, 15) is 14.7 Å². The number of H-pyrrole nitrogens is 1. The molecule has 0 atom stereocenters. The molecule has 0 spiro atoms. The zero-order valence-electron chi connectivity index (χ0n) is 16.4. The number of pyridine rings is 1. The lowest BCUT2D eigenvalue weighted by molar-refractivity contribution is 0.0691. The molecule has 1 amide bonds. The molecule has 4 rings (SSSR count). The van der Waals surface area contributed by atoms with Crippen LogP contribution in [0, 0.1) is 0 Å². The first kappa shape index (κ1) is 20.0. The lowest BCUT2D eigenvalue weighted by Gasteiger charge is -2.03. The van der Waals surface area contributed by atoms with Gasteiger partial charge in [0.05, 0.1) is 30.1 Å². The van der Waals surface area contributed by atoms with Gasteiger partial charge in [0.2, 0.25) is 0 Å². The van der Waals surface area contributed by atoms with E-state index in [0.29, 0.717) is 30.2 Å². The number of hydrogen-bond acceptors (Lipinski definition) is 7. The first-order valence-corrected chi connectivity index (χ1v) is 9.23. The molecule has 11 nitrogen and oxygen atoms in total. The van der Waals surface area contributed by atoms with Crippen molar-refractivity contribution in [2.75, 3.05) is 19.0 Å². The molecule has 0 unspecified atom stereocenters. The summed E-state index contributed by atoms with van der Waals surface area (Å²) in [6.45, 7) is 0.949. The van der Waals surface area contributed by atoms with Crippen molar-refractivity contribution in [1.82, 2.24) is 25.0 Å². The summed E-state index contributed by atoms with van der Waals surface area (Å²) in [5.41, 5.74) is 1.59. The van der Waals surface area contributed by atoms with Crippen molar-refractivity contribution in [2.45, 2.75) is 6.54 Å². The maximum atomic E-state index is 12.8. The van der Waals surface area contributed by atoms with Crippen LogP contribution in [0.15, 0.2) is 53.3 Å². The van der Waals surface area contributed by atoms with Crippen molar-refractivity contribution in [2.24, 2.45) is 0 Å². The van der Waals surface area contributed by atoms with E-state index < -0.39 is 11.9 Å². The largest absolute Gasteiger partial charge is 0.476 e. The predicted molar refractivity (Wildman–Crippen MR) is 109 cm³/mol. The third kappa shape index (κ3) is 4.21. The van der Waals surface area contributed by atoms with Crippen LogP contribution in [-0.4, -0.2) is 55.7 Å². The second-order valence-corrected chi connectivity index (χ2v) is 6.43. The van der Waals surface area contributed by atoms with Gasteiger partial charge >= 0.3 is 5.97 Å². The summed E-state index contributed by atoms with van der Waals surface area (Å²) in [5, 5.41) is 22.6. The number of rotatable bonds is 8. The average Bonchev–Trinajstić information content (AvgIpc) is 3.51. The third-order valence-electron chi connectivity index (χ3n) is 4.38. The Morgan fingerprint density at radius 3 is 2.90 bits per heavy atom. The van der Waals surface area contributed by atoms with Gasteiger partial charge < -0.3 is 19.6 Å². The fraction of sp³-hybridized carbons (Fsp3) is 0.150. The van der Waals surface area contributed by atoms with Gasteiger partial charge in [-0.2, -0.15) is 10.2 Å². The van der Waals surface area contributed by atoms with Gasteiger partial charge in [0, 0.05) is 25.7 Å². The molecule has 4 aromatic rings. The number of amides is 1. The molecular formula is C20H18N6O5. The second kappa shape index (κ2) is 8.63. The fourth-order valence-corrected chi connectivity index (χ4v) is 2.93. The Hall–Kier alpha value is -4.25. The number of nitrogens with one attached hydrogen (secondary N) is 2. The third-order valence-corrected chi connectivity index (χ3v) is 4.38. The molecule has 0 aliphatic carbocycles. The van der Waals surface area contributed by atoms with Crippen LogP contribution >= 0.6 is 0 Å². The van der Waals surface area contributed by atoms with E-state index in [1.807, 2.05) is 6.07 Å².